The lowest BCUT2D eigenvalue weighted by Crippen LogP contribution is -2.12. The summed E-state index contributed by atoms with van der Waals surface area (Å²) in [5, 5.41) is 14.0. The van der Waals surface area contributed by atoms with Gasteiger partial charge in [0.2, 0.25) is 17.6 Å². The van der Waals surface area contributed by atoms with E-state index in [9.17, 15) is 4.79 Å². The number of benzene rings is 2. The molecule has 0 aliphatic rings. The first-order chi connectivity index (χ1) is 13.8. The van der Waals surface area contributed by atoms with E-state index in [1.54, 1.807) is 11.3 Å². The van der Waals surface area contributed by atoms with Crippen LogP contribution in [0, 0.1) is 0 Å². The Balaban J connectivity index is 1.28. The molecule has 0 spiro atoms. The Morgan fingerprint density at radius 3 is 2.46 bits per heavy atom. The number of rotatable bonds is 7. The molecular formula is C21H18N4O2S. The Hall–Kier alpha value is -3.45. The van der Waals surface area contributed by atoms with Crippen LogP contribution in [0.5, 0.6) is 0 Å². The zero-order chi connectivity index (χ0) is 19.2. The predicted octanol–water partition coefficient (Wildman–Crippen LogP) is 5.11. The summed E-state index contributed by atoms with van der Waals surface area (Å²) >= 11 is 1.57. The van der Waals surface area contributed by atoms with E-state index < -0.39 is 0 Å². The van der Waals surface area contributed by atoms with Crippen molar-refractivity contribution in [3.63, 3.8) is 0 Å². The zero-order valence-electron chi connectivity index (χ0n) is 15.0. The molecule has 0 bridgehead atoms. The number of aryl methyl sites for hydroxylation is 1. The fourth-order valence-electron chi connectivity index (χ4n) is 2.63. The summed E-state index contributed by atoms with van der Waals surface area (Å²) in [5.41, 5.74) is 3.64. The topological polar surface area (TPSA) is 80.0 Å². The first kappa shape index (κ1) is 17.9. The molecule has 2 N–H and O–H groups in total. The fraction of sp³-hybridized carbons (Fsp3) is 0.0952. The van der Waals surface area contributed by atoms with Gasteiger partial charge < -0.3 is 15.2 Å². The van der Waals surface area contributed by atoms with Gasteiger partial charge in [-0.1, -0.05) is 23.4 Å². The molecule has 0 fully saturated rings. The third-order valence-electron chi connectivity index (χ3n) is 4.04. The number of thiophene rings is 1. The molecule has 1 amide bonds. The summed E-state index contributed by atoms with van der Waals surface area (Å²) in [6.07, 6.45) is 0.673. The number of hydrogen-bond donors (Lipinski definition) is 2. The second-order valence-corrected chi connectivity index (χ2v) is 6.92. The lowest BCUT2D eigenvalue weighted by Gasteiger charge is -2.08. The quantitative estimate of drug-likeness (QED) is 0.458. The highest BCUT2D eigenvalue weighted by Gasteiger charge is 2.11. The molecule has 28 heavy (non-hydrogen) atoms. The largest absolute Gasteiger partial charge is 0.356 e. The average Bonchev–Trinajstić information content (AvgIpc) is 3.41. The number of hydrogen-bond acceptors (Lipinski definition) is 6. The molecule has 2 aromatic heterocycles. The van der Waals surface area contributed by atoms with Crippen molar-refractivity contribution in [3.05, 3.63) is 77.3 Å². The fourth-order valence-corrected chi connectivity index (χ4v) is 3.27. The van der Waals surface area contributed by atoms with Crippen LogP contribution < -0.4 is 10.6 Å². The van der Waals surface area contributed by atoms with Crippen LogP contribution in [0.1, 0.15) is 12.3 Å². The van der Waals surface area contributed by atoms with Crippen LogP contribution in [0.25, 0.3) is 11.4 Å². The van der Waals surface area contributed by atoms with Crippen LogP contribution in [0.2, 0.25) is 0 Å². The summed E-state index contributed by atoms with van der Waals surface area (Å²) in [4.78, 5) is 16.5. The smallest absolute Gasteiger partial charge is 0.227 e. The minimum Gasteiger partial charge on any atom is -0.356 e. The maximum atomic E-state index is 12.2. The maximum absolute atomic E-state index is 12.2. The number of para-hydroxylation sites is 1. The Morgan fingerprint density at radius 1 is 0.964 bits per heavy atom. The van der Waals surface area contributed by atoms with Gasteiger partial charge in [0.25, 0.3) is 0 Å². The van der Waals surface area contributed by atoms with Crippen molar-refractivity contribution in [1.82, 2.24) is 10.1 Å². The molecule has 0 unspecified atom stereocenters. The monoisotopic (exact) mass is 390 g/mol. The third-order valence-corrected chi connectivity index (χ3v) is 4.73. The van der Waals surface area contributed by atoms with E-state index in [1.165, 1.54) is 0 Å². The summed E-state index contributed by atoms with van der Waals surface area (Å²) in [5.74, 6) is 0.913. The molecule has 0 saturated heterocycles. The number of carbonyl (C=O) groups is 1. The number of anilines is 3. The van der Waals surface area contributed by atoms with Gasteiger partial charge in [-0.05, 0) is 47.8 Å². The Labute approximate surface area is 166 Å². The van der Waals surface area contributed by atoms with Crippen LogP contribution >= 0.6 is 11.3 Å². The molecule has 7 heteroatoms. The third kappa shape index (κ3) is 4.63. The number of carbonyl (C=O) groups excluding carboxylic acids is 1. The molecule has 0 aliphatic carbocycles. The lowest BCUT2D eigenvalue weighted by molar-refractivity contribution is -0.116. The van der Waals surface area contributed by atoms with Gasteiger partial charge in [-0.3, -0.25) is 4.79 Å². The van der Waals surface area contributed by atoms with Gasteiger partial charge >= 0.3 is 0 Å². The van der Waals surface area contributed by atoms with Crippen LogP contribution in [0.3, 0.4) is 0 Å². The van der Waals surface area contributed by atoms with Crippen LogP contribution in [0.4, 0.5) is 17.1 Å². The van der Waals surface area contributed by atoms with Crippen LogP contribution in [-0.4, -0.2) is 16.0 Å². The molecule has 0 radical (unpaired) electrons. The zero-order valence-corrected chi connectivity index (χ0v) is 15.8. The molecule has 2 heterocycles. The first-order valence-electron chi connectivity index (χ1n) is 8.83. The van der Waals surface area contributed by atoms with Gasteiger partial charge in [-0.2, -0.15) is 16.3 Å². The van der Waals surface area contributed by atoms with Gasteiger partial charge in [0, 0.05) is 40.8 Å². The summed E-state index contributed by atoms with van der Waals surface area (Å²) in [6, 6.07) is 19.4. The van der Waals surface area contributed by atoms with E-state index in [-0.39, 0.29) is 12.3 Å². The van der Waals surface area contributed by atoms with Gasteiger partial charge in [-0.25, -0.2) is 0 Å². The van der Waals surface area contributed by atoms with Crippen molar-refractivity contribution in [2.24, 2.45) is 0 Å². The molecule has 2 aromatic carbocycles. The molecule has 4 aromatic rings. The van der Waals surface area contributed by atoms with Gasteiger partial charge in [0.05, 0.1) is 0 Å². The van der Waals surface area contributed by atoms with Crippen molar-refractivity contribution < 1.29 is 9.32 Å². The second kappa shape index (κ2) is 8.49. The van der Waals surface area contributed by atoms with E-state index in [1.807, 2.05) is 71.4 Å². The first-order valence-corrected chi connectivity index (χ1v) is 9.78. The number of amides is 1. The predicted molar refractivity (Wildman–Crippen MR) is 111 cm³/mol. The van der Waals surface area contributed by atoms with Crippen molar-refractivity contribution in [1.29, 1.82) is 0 Å². The van der Waals surface area contributed by atoms with E-state index >= 15 is 0 Å². The highest BCUT2D eigenvalue weighted by atomic mass is 32.1. The summed E-state index contributed by atoms with van der Waals surface area (Å²) in [7, 11) is 0. The standard InChI is InChI=1S/C21H18N4O2S/c26-19(10-11-20-24-21(25-27-20)15-12-13-28-14-15)23-18-8-6-17(7-9-18)22-16-4-2-1-3-5-16/h1-9,12-14,22H,10-11H2,(H,23,26). The van der Waals surface area contributed by atoms with Crippen LogP contribution in [-0.2, 0) is 11.2 Å². The van der Waals surface area contributed by atoms with Crippen molar-refractivity contribution in [2.75, 3.05) is 10.6 Å². The van der Waals surface area contributed by atoms with E-state index in [0.717, 1.165) is 22.6 Å². The van der Waals surface area contributed by atoms with E-state index in [0.29, 0.717) is 18.1 Å². The average molecular weight is 390 g/mol. The van der Waals surface area contributed by atoms with E-state index in [2.05, 4.69) is 20.8 Å². The van der Waals surface area contributed by atoms with Crippen LogP contribution in [0.15, 0.2) is 75.9 Å². The Kier molecular flexibility index (Phi) is 5.44. The van der Waals surface area contributed by atoms with Gasteiger partial charge in [0.1, 0.15) is 0 Å². The molecule has 140 valence electrons. The van der Waals surface area contributed by atoms with E-state index in [4.69, 9.17) is 4.52 Å². The molecule has 0 aliphatic heterocycles. The number of nitrogens with zero attached hydrogens (tertiary/aromatic N) is 2. The summed E-state index contributed by atoms with van der Waals surface area (Å²) < 4.78 is 5.22. The second-order valence-electron chi connectivity index (χ2n) is 6.14. The minimum atomic E-state index is -0.0981. The molecular weight excluding hydrogens is 372 g/mol. The SMILES string of the molecule is O=C(CCc1nc(-c2ccsc2)no1)Nc1ccc(Nc2ccccc2)cc1. The Morgan fingerprint density at radius 2 is 1.71 bits per heavy atom. The molecule has 0 atom stereocenters. The number of aromatic nitrogens is 2. The summed E-state index contributed by atoms with van der Waals surface area (Å²) in [6.45, 7) is 0. The Bertz CT molecular complexity index is 1030. The minimum absolute atomic E-state index is 0.0981. The molecule has 4 rings (SSSR count). The highest BCUT2D eigenvalue weighted by molar-refractivity contribution is 7.08. The van der Waals surface area contributed by atoms with Crippen molar-refractivity contribution in [2.45, 2.75) is 12.8 Å². The van der Waals surface area contributed by atoms with Crippen molar-refractivity contribution >= 4 is 34.3 Å². The molecule has 6 nitrogen and oxygen atoms in total. The van der Waals surface area contributed by atoms with Crippen molar-refractivity contribution in [3.8, 4) is 11.4 Å². The highest BCUT2D eigenvalue weighted by Crippen LogP contribution is 2.20. The maximum Gasteiger partial charge on any atom is 0.227 e. The molecule has 0 saturated carbocycles. The van der Waals surface area contributed by atoms with Gasteiger partial charge in [-0.15, -0.1) is 0 Å². The number of nitrogens with one attached hydrogen (secondary N) is 2. The normalized spacial score (nSPS) is 10.6. The lowest BCUT2D eigenvalue weighted by atomic mass is 10.2. The van der Waals surface area contributed by atoms with Gasteiger partial charge in [0.15, 0.2) is 0 Å².